The number of hydrogen-bond donors (Lipinski definition) is 2. The van der Waals surface area contributed by atoms with Crippen LogP contribution in [0.2, 0.25) is 0 Å². The smallest absolute Gasteiger partial charge is 0.207 e. The van der Waals surface area contributed by atoms with Crippen molar-refractivity contribution in [3.8, 4) is 0 Å². The molecule has 5 heteroatoms. The van der Waals surface area contributed by atoms with Gasteiger partial charge in [-0.2, -0.15) is 5.10 Å². The van der Waals surface area contributed by atoms with Gasteiger partial charge in [0, 0.05) is 0 Å². The second-order valence-electron chi connectivity index (χ2n) is 2.83. The minimum Gasteiger partial charge on any atom is -0.385 e. The van der Waals surface area contributed by atoms with E-state index in [9.17, 15) is 0 Å². The number of amidine groups is 2. The maximum atomic E-state index is 5.67. The summed E-state index contributed by atoms with van der Waals surface area (Å²) in [5.41, 5.74) is 8.29. The summed E-state index contributed by atoms with van der Waals surface area (Å²) in [7, 11) is 0. The fourth-order valence-corrected chi connectivity index (χ4v) is 0.930. The first kappa shape index (κ1) is 8.39. The van der Waals surface area contributed by atoms with Gasteiger partial charge in [-0.25, -0.2) is 4.99 Å². The Balaban J connectivity index is 2.82. The summed E-state index contributed by atoms with van der Waals surface area (Å²) < 4.78 is 0. The van der Waals surface area contributed by atoms with Crippen molar-refractivity contribution in [2.75, 3.05) is 6.26 Å². The number of thioether (sulfide) groups is 1. The van der Waals surface area contributed by atoms with E-state index >= 15 is 0 Å². The second kappa shape index (κ2) is 2.73. The molecule has 0 atom stereocenters. The fraction of sp³-hybridized carbons (Fsp3) is 0.667. The van der Waals surface area contributed by atoms with Crippen molar-refractivity contribution in [2.24, 2.45) is 15.8 Å². The van der Waals surface area contributed by atoms with E-state index in [2.05, 4.69) is 15.5 Å². The van der Waals surface area contributed by atoms with Crippen LogP contribution in [0.15, 0.2) is 10.1 Å². The van der Waals surface area contributed by atoms with Crippen LogP contribution in [-0.2, 0) is 0 Å². The topological polar surface area (TPSA) is 62.8 Å². The summed E-state index contributed by atoms with van der Waals surface area (Å²) in [5, 5.41) is 4.70. The molecule has 0 aromatic rings. The molecule has 0 aromatic carbocycles. The van der Waals surface area contributed by atoms with E-state index in [-0.39, 0.29) is 5.54 Å². The van der Waals surface area contributed by atoms with Crippen molar-refractivity contribution < 1.29 is 0 Å². The minimum absolute atomic E-state index is 0.306. The Morgan fingerprint density at radius 1 is 1.55 bits per heavy atom. The first-order chi connectivity index (χ1) is 5.06. The van der Waals surface area contributed by atoms with Gasteiger partial charge in [-0.3, -0.25) is 5.43 Å². The minimum atomic E-state index is -0.306. The summed E-state index contributed by atoms with van der Waals surface area (Å²) in [6.07, 6.45) is 1.91. The second-order valence-corrected chi connectivity index (χ2v) is 3.61. The lowest BCUT2D eigenvalue weighted by atomic mass is 10.1. The van der Waals surface area contributed by atoms with Gasteiger partial charge in [0.25, 0.3) is 0 Å². The summed E-state index contributed by atoms with van der Waals surface area (Å²) >= 11 is 1.47. The molecule has 1 rings (SSSR count). The van der Waals surface area contributed by atoms with Crippen LogP contribution in [0.1, 0.15) is 13.8 Å². The van der Waals surface area contributed by atoms with Gasteiger partial charge in [0.2, 0.25) is 5.17 Å². The number of hydrazone groups is 1. The van der Waals surface area contributed by atoms with Gasteiger partial charge in [0.05, 0.1) is 0 Å². The van der Waals surface area contributed by atoms with E-state index in [1.165, 1.54) is 11.8 Å². The lowest BCUT2D eigenvalue weighted by molar-refractivity contribution is 0.517. The van der Waals surface area contributed by atoms with Crippen molar-refractivity contribution in [3.05, 3.63) is 0 Å². The molecule has 0 unspecified atom stereocenters. The van der Waals surface area contributed by atoms with Gasteiger partial charge in [-0.05, 0) is 20.1 Å². The highest BCUT2D eigenvalue weighted by atomic mass is 32.2. The van der Waals surface area contributed by atoms with Crippen LogP contribution in [0, 0.1) is 0 Å². The Kier molecular flexibility index (Phi) is 2.08. The summed E-state index contributed by atoms with van der Waals surface area (Å²) in [5.74, 6) is 0.580. The summed E-state index contributed by atoms with van der Waals surface area (Å²) in [6, 6.07) is 0. The van der Waals surface area contributed by atoms with Gasteiger partial charge < -0.3 is 5.73 Å². The Hall–Kier alpha value is -0.710. The first-order valence-corrected chi connectivity index (χ1v) is 4.52. The average Bonchev–Trinajstić information content (AvgIpc) is 1.95. The van der Waals surface area contributed by atoms with E-state index in [4.69, 9.17) is 5.73 Å². The Morgan fingerprint density at radius 2 is 2.18 bits per heavy atom. The number of nitrogens with two attached hydrogens (primary N) is 1. The van der Waals surface area contributed by atoms with Gasteiger partial charge in [0.15, 0.2) is 0 Å². The van der Waals surface area contributed by atoms with Crippen molar-refractivity contribution >= 4 is 22.8 Å². The van der Waals surface area contributed by atoms with E-state index in [1.54, 1.807) is 0 Å². The van der Waals surface area contributed by atoms with Crippen LogP contribution in [0.5, 0.6) is 0 Å². The average molecular weight is 172 g/mol. The predicted molar refractivity (Wildman–Crippen MR) is 49.8 cm³/mol. The largest absolute Gasteiger partial charge is 0.385 e. The van der Waals surface area contributed by atoms with Crippen LogP contribution in [0.4, 0.5) is 0 Å². The monoisotopic (exact) mass is 172 g/mol. The van der Waals surface area contributed by atoms with Crippen molar-refractivity contribution in [1.29, 1.82) is 0 Å². The van der Waals surface area contributed by atoms with Gasteiger partial charge in [-0.15, -0.1) is 0 Å². The molecule has 3 N–H and O–H groups in total. The Morgan fingerprint density at radius 3 is 2.64 bits per heavy atom. The van der Waals surface area contributed by atoms with Crippen LogP contribution < -0.4 is 11.2 Å². The standard InChI is InChI=1S/C6H12N4S/c1-6(2)4(7)8-5(11-3)9-10-6/h10H,1-3H3,(H2,7,8,9). The molecule has 11 heavy (non-hydrogen) atoms. The Bertz CT molecular complexity index is 219. The third-order valence-corrected chi connectivity index (χ3v) is 2.02. The van der Waals surface area contributed by atoms with Crippen LogP contribution in [-0.4, -0.2) is 22.8 Å². The maximum Gasteiger partial charge on any atom is 0.207 e. The number of rotatable bonds is 0. The third kappa shape index (κ3) is 1.65. The Labute approximate surface area is 70.3 Å². The molecule has 0 bridgehead atoms. The SMILES string of the molecule is CSC1=NNC(C)(C)C(N)=N1. The molecule has 0 saturated carbocycles. The van der Waals surface area contributed by atoms with Gasteiger partial charge >= 0.3 is 0 Å². The van der Waals surface area contributed by atoms with Crippen LogP contribution in [0.25, 0.3) is 0 Å². The van der Waals surface area contributed by atoms with Crippen molar-refractivity contribution in [1.82, 2.24) is 5.43 Å². The van der Waals surface area contributed by atoms with Gasteiger partial charge in [0.1, 0.15) is 11.4 Å². The molecule has 0 radical (unpaired) electrons. The highest BCUT2D eigenvalue weighted by molar-refractivity contribution is 8.13. The quantitative estimate of drug-likeness (QED) is 0.554. The van der Waals surface area contributed by atoms with Crippen LogP contribution in [0.3, 0.4) is 0 Å². The van der Waals surface area contributed by atoms with E-state index in [0.717, 1.165) is 0 Å². The van der Waals surface area contributed by atoms with E-state index in [0.29, 0.717) is 11.0 Å². The molecular formula is C6H12N4S. The van der Waals surface area contributed by atoms with Crippen LogP contribution >= 0.6 is 11.8 Å². The highest BCUT2D eigenvalue weighted by Gasteiger charge is 2.25. The number of nitrogens with zero attached hydrogens (tertiary/aromatic N) is 2. The number of nitrogens with one attached hydrogen (secondary N) is 1. The molecule has 1 heterocycles. The molecule has 0 amide bonds. The van der Waals surface area contributed by atoms with E-state index in [1.807, 2.05) is 20.1 Å². The lowest BCUT2D eigenvalue weighted by Gasteiger charge is -2.26. The highest BCUT2D eigenvalue weighted by Crippen LogP contribution is 2.10. The molecule has 0 spiro atoms. The number of hydrogen-bond acceptors (Lipinski definition) is 5. The van der Waals surface area contributed by atoms with Crippen molar-refractivity contribution in [2.45, 2.75) is 19.4 Å². The molecule has 0 aliphatic carbocycles. The van der Waals surface area contributed by atoms with Gasteiger partial charge in [-0.1, -0.05) is 11.8 Å². The molecule has 62 valence electrons. The molecule has 0 saturated heterocycles. The van der Waals surface area contributed by atoms with Crippen molar-refractivity contribution in [3.63, 3.8) is 0 Å². The summed E-state index contributed by atoms with van der Waals surface area (Å²) in [6.45, 7) is 3.87. The molecule has 1 aliphatic heterocycles. The first-order valence-electron chi connectivity index (χ1n) is 3.30. The predicted octanol–water partition coefficient (Wildman–Crippen LogP) is 0.359. The molecule has 1 aliphatic rings. The third-order valence-electron chi connectivity index (χ3n) is 1.47. The molecule has 0 fully saturated rings. The summed E-state index contributed by atoms with van der Waals surface area (Å²) in [4.78, 5) is 4.10. The fourth-order valence-electron chi connectivity index (χ4n) is 0.604. The lowest BCUT2D eigenvalue weighted by Crippen LogP contribution is -2.51. The zero-order chi connectivity index (χ0) is 8.48. The maximum absolute atomic E-state index is 5.67. The normalized spacial score (nSPS) is 21.7. The molecule has 4 nitrogen and oxygen atoms in total. The zero-order valence-corrected chi connectivity index (χ0v) is 7.70. The molecule has 0 aromatic heterocycles. The number of aliphatic imine (C=N–C) groups is 1. The zero-order valence-electron chi connectivity index (χ0n) is 6.88. The van der Waals surface area contributed by atoms with E-state index < -0.39 is 0 Å². The molecular weight excluding hydrogens is 160 g/mol.